The first-order valence-electron chi connectivity index (χ1n) is 9.51. The summed E-state index contributed by atoms with van der Waals surface area (Å²) in [5, 5.41) is 0.205. The molecule has 0 atom stereocenters. The van der Waals surface area contributed by atoms with Gasteiger partial charge in [-0.3, -0.25) is 0 Å². The maximum Gasteiger partial charge on any atom is 1.00 e. The van der Waals surface area contributed by atoms with Gasteiger partial charge >= 0.3 is 25.6 Å². The van der Waals surface area contributed by atoms with Gasteiger partial charge in [-0.15, -0.1) is 5.92 Å². The molecule has 0 bridgehead atoms. The minimum Gasteiger partial charge on any atom is -0.532 e. The fourth-order valence-corrected chi connectivity index (χ4v) is 3.09. The van der Waals surface area contributed by atoms with Gasteiger partial charge in [0.05, 0.1) is 0 Å². The maximum absolute atomic E-state index is 6.17. The van der Waals surface area contributed by atoms with Gasteiger partial charge in [-0.1, -0.05) is 20.8 Å². The molecule has 0 unspecified atom stereocenters. The van der Waals surface area contributed by atoms with Crippen LogP contribution >= 0.6 is 0 Å². The largest absolute Gasteiger partial charge is 1.00 e. The van der Waals surface area contributed by atoms with Crippen molar-refractivity contribution in [1.29, 1.82) is 0 Å². The average Bonchev–Trinajstić information content (AvgIpc) is 2.33. The summed E-state index contributed by atoms with van der Waals surface area (Å²) in [5.74, 6) is 6.30. The molecule has 26 heavy (non-hydrogen) atoms. The third-order valence-corrected chi connectivity index (χ3v) is 8.67. The maximum atomic E-state index is 6.17. The van der Waals surface area contributed by atoms with E-state index in [0.717, 1.165) is 0 Å². The smallest absolute Gasteiger partial charge is 0.532 e. The van der Waals surface area contributed by atoms with Gasteiger partial charge in [0.25, 0.3) is 0 Å². The summed E-state index contributed by atoms with van der Waals surface area (Å²) in [5.41, 5.74) is 0. The summed E-state index contributed by atoms with van der Waals surface area (Å²) in [6.45, 7) is 21.5. The topological polar surface area (TPSA) is 36.9 Å². The Labute approximate surface area is 175 Å². The second-order valence-electron chi connectivity index (χ2n) is 8.88. The van der Waals surface area contributed by atoms with Gasteiger partial charge in [-0.25, -0.2) is 5.82 Å². The van der Waals surface area contributed by atoms with E-state index in [-0.39, 0.29) is 42.2 Å². The van der Waals surface area contributed by atoms with Crippen LogP contribution in [0, 0.1) is 11.7 Å². The molecule has 148 valence electrons. The molecule has 0 saturated heterocycles. The number of hydrogen-bond acceptors (Lipinski definition) is 4. The van der Waals surface area contributed by atoms with Crippen molar-refractivity contribution in [2.24, 2.45) is 0 Å². The molecule has 0 aliphatic rings. The third kappa shape index (κ3) is 11.2. The molecule has 0 aromatic carbocycles. The number of rotatable bonds is 9. The summed E-state index contributed by atoms with van der Waals surface area (Å²) < 4.78 is 24.1. The molecule has 0 fully saturated rings. The molecule has 0 radical (unpaired) electrons. The summed E-state index contributed by atoms with van der Waals surface area (Å²) in [6.07, 6.45) is 0.543. The Morgan fingerprint density at radius 3 is 1.54 bits per heavy atom. The van der Waals surface area contributed by atoms with Crippen LogP contribution in [0.1, 0.15) is 68.7 Å². The normalized spacial score (nSPS) is 13.0. The zero-order valence-electron chi connectivity index (χ0n) is 19.4. The molecule has 0 aromatic rings. The Hall–Kier alpha value is 0.279. The molecule has 0 aromatic heterocycles. The van der Waals surface area contributed by atoms with Gasteiger partial charge in [-0.2, -0.15) is 0 Å². The molecule has 0 aliphatic carbocycles. The van der Waals surface area contributed by atoms with Gasteiger partial charge in [0.15, 0.2) is 8.32 Å². The minimum atomic E-state index is -2.09. The van der Waals surface area contributed by atoms with Gasteiger partial charge in [0, 0.05) is 31.3 Å². The van der Waals surface area contributed by atoms with Crippen LogP contribution in [0.4, 0.5) is 0 Å². The SMILES string of the molecule is CC(C)O[B-](C#CCCO[Si](C)(C)C(C)(C)C)(OC(C)C)OC(C)C.[Li+]. The molecule has 0 rings (SSSR count). The van der Waals surface area contributed by atoms with Crippen LogP contribution in [0.3, 0.4) is 0 Å². The second kappa shape index (κ2) is 12.0. The van der Waals surface area contributed by atoms with Crippen LogP contribution in [0.25, 0.3) is 0 Å². The molecular weight excluding hydrogens is 338 g/mol. The van der Waals surface area contributed by atoms with Crippen molar-refractivity contribution in [3.05, 3.63) is 0 Å². The molecule has 4 nitrogen and oxygen atoms in total. The van der Waals surface area contributed by atoms with E-state index in [9.17, 15) is 0 Å². The van der Waals surface area contributed by atoms with Crippen LogP contribution < -0.4 is 18.9 Å². The molecule has 0 saturated carbocycles. The van der Waals surface area contributed by atoms with Crippen molar-refractivity contribution in [1.82, 2.24) is 0 Å². The van der Waals surface area contributed by atoms with Crippen LogP contribution in [0.5, 0.6) is 0 Å². The summed E-state index contributed by atoms with van der Waals surface area (Å²) >= 11 is 0. The van der Waals surface area contributed by atoms with Crippen LogP contribution in [0.15, 0.2) is 0 Å². The van der Waals surface area contributed by atoms with Gasteiger partial charge < -0.3 is 18.4 Å². The molecule has 0 aliphatic heterocycles. The van der Waals surface area contributed by atoms with E-state index in [1.165, 1.54) is 0 Å². The van der Waals surface area contributed by atoms with E-state index in [2.05, 4.69) is 45.6 Å². The molecule has 7 heteroatoms. The Balaban J connectivity index is 0. The Kier molecular flexibility index (Phi) is 13.1. The van der Waals surface area contributed by atoms with Crippen molar-refractivity contribution in [2.75, 3.05) is 6.61 Å². The van der Waals surface area contributed by atoms with Crippen molar-refractivity contribution in [2.45, 2.75) is 105 Å². The first kappa shape index (κ1) is 28.5. The molecular formula is C19H40BLiO4Si. The van der Waals surface area contributed by atoms with Crippen molar-refractivity contribution in [3.8, 4) is 11.7 Å². The summed E-state index contributed by atoms with van der Waals surface area (Å²) in [4.78, 5) is 0. The predicted molar refractivity (Wildman–Crippen MR) is 110 cm³/mol. The van der Waals surface area contributed by atoms with E-state index in [4.69, 9.17) is 18.4 Å². The van der Waals surface area contributed by atoms with Crippen molar-refractivity contribution in [3.63, 3.8) is 0 Å². The first-order chi connectivity index (χ1) is 11.2. The predicted octanol–water partition coefficient (Wildman–Crippen LogP) is 2.16. The zero-order valence-corrected chi connectivity index (χ0v) is 20.4. The van der Waals surface area contributed by atoms with Gasteiger partial charge in [-0.05, 0) is 59.7 Å². The number of hydrogen-bond donors (Lipinski definition) is 0. The van der Waals surface area contributed by atoms with Crippen LogP contribution in [0.2, 0.25) is 18.1 Å². The fourth-order valence-electron chi connectivity index (χ4n) is 2.04. The van der Waals surface area contributed by atoms with E-state index < -0.39 is 15.1 Å². The molecule has 0 heterocycles. The quantitative estimate of drug-likeness (QED) is 0.350. The second-order valence-corrected chi connectivity index (χ2v) is 13.7. The van der Waals surface area contributed by atoms with Gasteiger partial charge in [0.1, 0.15) is 0 Å². The monoisotopic (exact) mass is 378 g/mol. The van der Waals surface area contributed by atoms with E-state index in [0.29, 0.717) is 13.0 Å². The first-order valence-corrected chi connectivity index (χ1v) is 12.4. The summed E-state index contributed by atoms with van der Waals surface area (Å²) in [7, 11) is -1.74. The Morgan fingerprint density at radius 2 is 1.23 bits per heavy atom. The van der Waals surface area contributed by atoms with Crippen molar-refractivity contribution < 1.29 is 37.2 Å². The van der Waals surface area contributed by atoms with E-state index in [1.807, 2.05) is 41.5 Å². The van der Waals surface area contributed by atoms with Crippen LogP contribution in [-0.2, 0) is 18.4 Å². The average molecular weight is 378 g/mol. The molecule has 0 spiro atoms. The van der Waals surface area contributed by atoms with E-state index in [1.54, 1.807) is 0 Å². The van der Waals surface area contributed by atoms with Crippen LogP contribution in [-0.4, -0.2) is 40.0 Å². The molecule has 0 amide bonds. The van der Waals surface area contributed by atoms with Gasteiger partial charge in [0.2, 0.25) is 0 Å². The Morgan fingerprint density at radius 1 is 0.846 bits per heavy atom. The standard InChI is InChI=1S/C19H40BO4Si.Li/c1-16(2)22-20(23-17(3)4,24-18(5)6)14-12-13-15-21-25(10,11)19(7,8)9;/h16-18H,13,15H2,1-11H3;/q-1;+1. The summed E-state index contributed by atoms with van der Waals surface area (Å²) in [6, 6.07) is 0. The van der Waals surface area contributed by atoms with Crippen molar-refractivity contribution >= 4 is 15.1 Å². The Bertz CT molecular complexity index is 424. The molecule has 0 N–H and O–H groups in total. The third-order valence-electron chi connectivity index (χ3n) is 4.13. The zero-order chi connectivity index (χ0) is 19.9. The van der Waals surface area contributed by atoms with E-state index >= 15 is 0 Å². The minimum absolute atomic E-state index is 0. The fraction of sp³-hybridized carbons (Fsp3) is 0.895.